The van der Waals surface area contributed by atoms with Crippen LogP contribution < -0.4 is 5.32 Å². The molecule has 2 heterocycles. The number of thiophene rings is 1. The minimum absolute atomic E-state index is 0.538. The lowest BCUT2D eigenvalue weighted by atomic mass is 9.46. The Labute approximate surface area is 113 Å². The number of hydrogen-bond donors (Lipinski definition) is 1. The predicted molar refractivity (Wildman–Crippen MR) is 73.9 cm³/mol. The fourth-order valence-electron chi connectivity index (χ4n) is 4.37. The molecule has 0 radical (unpaired) electrons. The predicted octanol–water partition coefficient (Wildman–Crippen LogP) is 2.84. The highest BCUT2D eigenvalue weighted by Crippen LogP contribution is 2.62. The first-order chi connectivity index (χ1) is 8.90. The summed E-state index contributed by atoms with van der Waals surface area (Å²) in [7, 11) is 0. The topological polar surface area (TPSA) is 21.3 Å². The van der Waals surface area contributed by atoms with Gasteiger partial charge < -0.3 is 10.1 Å². The molecule has 2 nitrogen and oxygen atoms in total. The third-order valence-electron chi connectivity index (χ3n) is 5.39. The summed E-state index contributed by atoms with van der Waals surface area (Å²) in [6.07, 6.45) is 7.26. The molecule has 3 fully saturated rings. The SMILES string of the molecule is c1cc(CCN[C@@H]2[C@H]3CCO[C@H]3C23CCC3)cs1. The van der Waals surface area contributed by atoms with E-state index in [0.29, 0.717) is 11.5 Å². The van der Waals surface area contributed by atoms with Gasteiger partial charge in [0.05, 0.1) is 6.10 Å². The van der Waals surface area contributed by atoms with Crippen LogP contribution in [0.4, 0.5) is 0 Å². The van der Waals surface area contributed by atoms with Crippen LogP contribution in [-0.2, 0) is 11.2 Å². The van der Waals surface area contributed by atoms with Crippen LogP contribution in [0.3, 0.4) is 0 Å². The molecule has 98 valence electrons. The lowest BCUT2D eigenvalue weighted by molar-refractivity contribution is -0.175. The molecule has 4 rings (SSSR count). The first kappa shape index (κ1) is 11.4. The van der Waals surface area contributed by atoms with Crippen molar-refractivity contribution < 1.29 is 4.74 Å². The molecular formula is C15H21NOS. The van der Waals surface area contributed by atoms with E-state index in [1.165, 1.54) is 37.7 Å². The van der Waals surface area contributed by atoms with Crippen LogP contribution in [0.15, 0.2) is 16.8 Å². The van der Waals surface area contributed by atoms with E-state index in [-0.39, 0.29) is 0 Å². The van der Waals surface area contributed by atoms with Crippen molar-refractivity contribution in [2.45, 2.75) is 44.2 Å². The van der Waals surface area contributed by atoms with Crippen LogP contribution in [0.25, 0.3) is 0 Å². The standard InChI is InChI=1S/C15H21NOS/c1-5-15(6-1)13(12-3-8-17-14(12)15)16-7-2-11-4-9-18-10-11/h4,9-10,12-14,16H,1-3,5-8H2/t12-,13-,14-/m1/s1. The van der Waals surface area contributed by atoms with Crippen molar-refractivity contribution >= 4 is 11.3 Å². The summed E-state index contributed by atoms with van der Waals surface area (Å²) in [4.78, 5) is 0. The molecule has 1 N–H and O–H groups in total. The highest BCUT2D eigenvalue weighted by Gasteiger charge is 2.66. The molecule has 1 spiro atoms. The molecule has 0 amide bonds. The third kappa shape index (κ3) is 1.54. The van der Waals surface area contributed by atoms with Crippen LogP contribution in [-0.4, -0.2) is 25.3 Å². The Kier molecular flexibility index (Phi) is 2.75. The third-order valence-corrected chi connectivity index (χ3v) is 6.13. The quantitative estimate of drug-likeness (QED) is 0.902. The molecule has 1 aromatic rings. The first-order valence-corrected chi connectivity index (χ1v) is 8.20. The van der Waals surface area contributed by atoms with E-state index < -0.39 is 0 Å². The Morgan fingerprint density at radius 3 is 3.11 bits per heavy atom. The molecule has 3 heteroatoms. The molecule has 1 saturated heterocycles. The van der Waals surface area contributed by atoms with E-state index in [0.717, 1.165) is 25.1 Å². The summed E-state index contributed by atoms with van der Waals surface area (Å²) < 4.78 is 5.95. The van der Waals surface area contributed by atoms with Gasteiger partial charge in [0.2, 0.25) is 0 Å². The van der Waals surface area contributed by atoms with E-state index in [9.17, 15) is 0 Å². The molecule has 1 aliphatic heterocycles. The zero-order chi connectivity index (χ0) is 12.0. The monoisotopic (exact) mass is 263 g/mol. The second-order valence-corrected chi connectivity index (χ2v) is 6.92. The summed E-state index contributed by atoms with van der Waals surface area (Å²) in [6.45, 7) is 2.13. The lowest BCUT2D eigenvalue weighted by Crippen LogP contribution is -2.71. The molecule has 0 aromatic carbocycles. The first-order valence-electron chi connectivity index (χ1n) is 7.26. The maximum absolute atomic E-state index is 5.95. The summed E-state index contributed by atoms with van der Waals surface area (Å²) in [5, 5.41) is 8.29. The minimum Gasteiger partial charge on any atom is -0.377 e. The van der Waals surface area contributed by atoms with Crippen LogP contribution >= 0.6 is 11.3 Å². The van der Waals surface area contributed by atoms with Crippen LogP contribution in [0, 0.1) is 11.3 Å². The second kappa shape index (κ2) is 4.32. The van der Waals surface area contributed by atoms with Crippen molar-refractivity contribution in [1.82, 2.24) is 5.32 Å². The Morgan fingerprint density at radius 1 is 1.44 bits per heavy atom. The van der Waals surface area contributed by atoms with Gasteiger partial charge in [-0.3, -0.25) is 0 Å². The Bertz CT molecular complexity index is 412. The van der Waals surface area contributed by atoms with Crippen molar-refractivity contribution in [2.24, 2.45) is 11.3 Å². The fourth-order valence-corrected chi connectivity index (χ4v) is 5.07. The Morgan fingerprint density at radius 2 is 2.39 bits per heavy atom. The van der Waals surface area contributed by atoms with Crippen molar-refractivity contribution in [3.8, 4) is 0 Å². The molecule has 18 heavy (non-hydrogen) atoms. The van der Waals surface area contributed by atoms with Crippen molar-refractivity contribution in [2.75, 3.05) is 13.2 Å². The number of nitrogens with one attached hydrogen (secondary N) is 1. The van der Waals surface area contributed by atoms with E-state index >= 15 is 0 Å². The zero-order valence-electron chi connectivity index (χ0n) is 10.7. The molecule has 3 atom stereocenters. The van der Waals surface area contributed by atoms with E-state index in [2.05, 4.69) is 22.1 Å². The molecular weight excluding hydrogens is 242 g/mol. The van der Waals surface area contributed by atoms with Crippen LogP contribution in [0.5, 0.6) is 0 Å². The van der Waals surface area contributed by atoms with Gasteiger partial charge in [0.1, 0.15) is 0 Å². The van der Waals surface area contributed by atoms with E-state index in [1.807, 2.05) is 0 Å². The average molecular weight is 263 g/mol. The van der Waals surface area contributed by atoms with E-state index in [1.54, 1.807) is 11.3 Å². The van der Waals surface area contributed by atoms with Gasteiger partial charge >= 0.3 is 0 Å². The van der Waals surface area contributed by atoms with Gasteiger partial charge in [0.15, 0.2) is 0 Å². The number of hydrogen-bond acceptors (Lipinski definition) is 3. The van der Waals surface area contributed by atoms with Gasteiger partial charge in [-0.2, -0.15) is 11.3 Å². The maximum atomic E-state index is 5.95. The van der Waals surface area contributed by atoms with Gasteiger partial charge in [0.25, 0.3) is 0 Å². The molecule has 0 unspecified atom stereocenters. The molecule has 2 aliphatic carbocycles. The molecule has 2 saturated carbocycles. The van der Waals surface area contributed by atoms with Crippen molar-refractivity contribution in [3.63, 3.8) is 0 Å². The van der Waals surface area contributed by atoms with Gasteiger partial charge in [-0.25, -0.2) is 0 Å². The van der Waals surface area contributed by atoms with Crippen molar-refractivity contribution in [1.29, 1.82) is 0 Å². The fraction of sp³-hybridized carbons (Fsp3) is 0.733. The Balaban J connectivity index is 1.36. The van der Waals surface area contributed by atoms with E-state index in [4.69, 9.17) is 4.74 Å². The van der Waals surface area contributed by atoms with Gasteiger partial charge in [-0.05, 0) is 54.6 Å². The minimum atomic E-state index is 0.538. The highest BCUT2D eigenvalue weighted by atomic mass is 32.1. The molecule has 1 aromatic heterocycles. The number of rotatable bonds is 4. The smallest absolute Gasteiger partial charge is 0.0690 e. The van der Waals surface area contributed by atoms with Crippen LogP contribution in [0.2, 0.25) is 0 Å². The summed E-state index contributed by atoms with van der Waals surface area (Å²) in [6, 6.07) is 2.99. The molecule has 0 bridgehead atoms. The van der Waals surface area contributed by atoms with Gasteiger partial charge in [-0.15, -0.1) is 0 Å². The number of fused-ring (bicyclic) bond motifs is 2. The largest absolute Gasteiger partial charge is 0.377 e. The summed E-state index contributed by atoms with van der Waals surface area (Å²) in [5.41, 5.74) is 2.02. The second-order valence-electron chi connectivity index (χ2n) is 6.14. The average Bonchev–Trinajstić information content (AvgIpc) is 2.92. The van der Waals surface area contributed by atoms with Gasteiger partial charge in [-0.1, -0.05) is 6.42 Å². The highest BCUT2D eigenvalue weighted by molar-refractivity contribution is 7.07. The normalized spacial score (nSPS) is 36.1. The lowest BCUT2D eigenvalue weighted by Gasteiger charge is -2.63. The van der Waals surface area contributed by atoms with Gasteiger partial charge in [0, 0.05) is 24.0 Å². The van der Waals surface area contributed by atoms with Crippen molar-refractivity contribution in [3.05, 3.63) is 22.4 Å². The molecule has 3 aliphatic rings. The number of ether oxygens (including phenoxy) is 1. The maximum Gasteiger partial charge on any atom is 0.0690 e. The Hall–Kier alpha value is -0.380. The zero-order valence-corrected chi connectivity index (χ0v) is 11.5. The van der Waals surface area contributed by atoms with Crippen LogP contribution in [0.1, 0.15) is 31.2 Å². The summed E-state index contributed by atoms with van der Waals surface area (Å²) >= 11 is 1.80. The summed E-state index contributed by atoms with van der Waals surface area (Å²) in [5.74, 6) is 0.813.